The van der Waals surface area contributed by atoms with E-state index in [9.17, 15) is 9.18 Å². The Hall–Kier alpha value is -2.88. The van der Waals surface area contributed by atoms with Gasteiger partial charge in [-0.05, 0) is 46.7 Å². The van der Waals surface area contributed by atoms with E-state index in [4.69, 9.17) is 9.84 Å². The lowest BCUT2D eigenvalue weighted by Gasteiger charge is -2.12. The number of carboxylic acids is 1. The van der Waals surface area contributed by atoms with Crippen molar-refractivity contribution in [3.8, 4) is 16.9 Å². The standard InChI is InChI=1S/C18H13FO3/c1-22-17-8-7-13(19)10-16(17)14-4-2-3-11-5-6-12(18(20)21)9-15(11)14/h2-10H,1H3,(H,20,21). The number of halogens is 1. The monoisotopic (exact) mass is 296 g/mol. The lowest BCUT2D eigenvalue weighted by molar-refractivity contribution is 0.0697. The van der Waals surface area contributed by atoms with Crippen molar-refractivity contribution in [3.63, 3.8) is 0 Å². The molecule has 3 rings (SSSR count). The Labute approximate surface area is 126 Å². The second-order valence-electron chi connectivity index (χ2n) is 4.89. The first-order valence-electron chi connectivity index (χ1n) is 6.70. The van der Waals surface area contributed by atoms with Crippen molar-refractivity contribution in [1.29, 1.82) is 0 Å². The van der Waals surface area contributed by atoms with Crippen molar-refractivity contribution in [3.05, 3.63) is 66.0 Å². The number of methoxy groups -OCH3 is 1. The first-order chi connectivity index (χ1) is 10.6. The van der Waals surface area contributed by atoms with Gasteiger partial charge < -0.3 is 9.84 Å². The first kappa shape index (κ1) is 14.1. The smallest absolute Gasteiger partial charge is 0.335 e. The number of ether oxygens (including phenoxy) is 1. The maximum Gasteiger partial charge on any atom is 0.335 e. The summed E-state index contributed by atoms with van der Waals surface area (Å²) in [6.45, 7) is 0. The normalized spacial score (nSPS) is 10.6. The number of hydrogen-bond acceptors (Lipinski definition) is 2. The molecule has 4 heteroatoms. The summed E-state index contributed by atoms with van der Waals surface area (Å²) in [4.78, 5) is 11.2. The van der Waals surface area contributed by atoms with Crippen LogP contribution in [0.4, 0.5) is 4.39 Å². The van der Waals surface area contributed by atoms with Gasteiger partial charge in [0.1, 0.15) is 11.6 Å². The highest BCUT2D eigenvalue weighted by atomic mass is 19.1. The van der Waals surface area contributed by atoms with Crippen LogP contribution in [0.2, 0.25) is 0 Å². The third-order valence-corrected chi connectivity index (χ3v) is 3.58. The molecule has 0 aliphatic rings. The van der Waals surface area contributed by atoms with Crippen molar-refractivity contribution >= 4 is 16.7 Å². The maximum atomic E-state index is 13.6. The molecule has 0 atom stereocenters. The largest absolute Gasteiger partial charge is 0.496 e. The average Bonchev–Trinajstić information content (AvgIpc) is 2.53. The molecule has 3 aromatic carbocycles. The Morgan fingerprint density at radius 1 is 1.05 bits per heavy atom. The number of rotatable bonds is 3. The molecule has 22 heavy (non-hydrogen) atoms. The van der Waals surface area contributed by atoms with E-state index in [1.165, 1.54) is 19.2 Å². The molecule has 0 aromatic heterocycles. The van der Waals surface area contributed by atoms with Gasteiger partial charge >= 0.3 is 5.97 Å². The lowest BCUT2D eigenvalue weighted by Crippen LogP contribution is -1.96. The molecule has 3 nitrogen and oxygen atoms in total. The zero-order valence-electron chi connectivity index (χ0n) is 11.8. The van der Waals surface area contributed by atoms with Crippen molar-refractivity contribution < 1.29 is 19.0 Å². The van der Waals surface area contributed by atoms with E-state index in [1.54, 1.807) is 24.3 Å². The van der Waals surface area contributed by atoms with Gasteiger partial charge in [0.25, 0.3) is 0 Å². The fourth-order valence-electron chi connectivity index (χ4n) is 2.53. The van der Waals surface area contributed by atoms with Gasteiger partial charge in [-0.2, -0.15) is 0 Å². The number of carboxylic acid groups (broad SMARTS) is 1. The van der Waals surface area contributed by atoms with E-state index >= 15 is 0 Å². The molecule has 0 heterocycles. The minimum atomic E-state index is -0.997. The molecular formula is C18H13FO3. The highest BCUT2D eigenvalue weighted by Crippen LogP contribution is 2.35. The van der Waals surface area contributed by atoms with Crippen LogP contribution < -0.4 is 4.74 Å². The van der Waals surface area contributed by atoms with Gasteiger partial charge in [-0.3, -0.25) is 0 Å². The fourth-order valence-corrected chi connectivity index (χ4v) is 2.53. The minimum Gasteiger partial charge on any atom is -0.496 e. The molecule has 0 aliphatic carbocycles. The third-order valence-electron chi connectivity index (χ3n) is 3.58. The van der Waals surface area contributed by atoms with Crippen LogP contribution in [0.3, 0.4) is 0 Å². The summed E-state index contributed by atoms with van der Waals surface area (Å²) in [5.41, 5.74) is 1.52. The van der Waals surface area contributed by atoms with Gasteiger partial charge in [-0.15, -0.1) is 0 Å². The topological polar surface area (TPSA) is 46.5 Å². The number of aromatic carboxylic acids is 1. The quantitative estimate of drug-likeness (QED) is 0.781. The van der Waals surface area contributed by atoms with Crippen LogP contribution in [0.1, 0.15) is 10.4 Å². The van der Waals surface area contributed by atoms with Crippen LogP contribution in [-0.4, -0.2) is 18.2 Å². The third kappa shape index (κ3) is 2.39. The molecule has 0 saturated carbocycles. The molecule has 0 bridgehead atoms. The van der Waals surface area contributed by atoms with Gasteiger partial charge in [-0.1, -0.05) is 24.3 Å². The zero-order chi connectivity index (χ0) is 15.7. The Morgan fingerprint density at radius 3 is 2.59 bits per heavy atom. The summed E-state index contributed by atoms with van der Waals surface area (Å²) in [6, 6.07) is 14.7. The van der Waals surface area contributed by atoms with E-state index in [-0.39, 0.29) is 11.4 Å². The van der Waals surface area contributed by atoms with Gasteiger partial charge in [0, 0.05) is 5.56 Å². The van der Waals surface area contributed by atoms with Crippen LogP contribution >= 0.6 is 0 Å². The molecule has 0 saturated heterocycles. The molecule has 0 amide bonds. The van der Waals surface area contributed by atoms with Gasteiger partial charge in [0.2, 0.25) is 0 Å². The van der Waals surface area contributed by atoms with Crippen LogP contribution in [0, 0.1) is 5.82 Å². The van der Waals surface area contributed by atoms with Crippen LogP contribution in [-0.2, 0) is 0 Å². The predicted octanol–water partition coefficient (Wildman–Crippen LogP) is 4.35. The fraction of sp³-hybridized carbons (Fsp3) is 0.0556. The molecule has 0 radical (unpaired) electrons. The molecule has 0 fully saturated rings. The van der Waals surface area contributed by atoms with E-state index < -0.39 is 5.97 Å². The van der Waals surface area contributed by atoms with Crippen molar-refractivity contribution in [2.45, 2.75) is 0 Å². The summed E-state index contributed by atoms with van der Waals surface area (Å²) < 4.78 is 18.9. The van der Waals surface area contributed by atoms with Gasteiger partial charge in [-0.25, -0.2) is 9.18 Å². The van der Waals surface area contributed by atoms with E-state index in [1.807, 2.05) is 18.2 Å². The van der Waals surface area contributed by atoms with Crippen LogP contribution in [0.25, 0.3) is 21.9 Å². The number of benzene rings is 3. The summed E-state index contributed by atoms with van der Waals surface area (Å²) in [5, 5.41) is 10.8. The number of carbonyl (C=O) groups is 1. The molecule has 0 aliphatic heterocycles. The Bertz CT molecular complexity index is 871. The van der Waals surface area contributed by atoms with Crippen LogP contribution in [0.5, 0.6) is 5.75 Å². The van der Waals surface area contributed by atoms with Crippen molar-refractivity contribution in [2.75, 3.05) is 7.11 Å². The Kier molecular flexibility index (Phi) is 3.51. The number of fused-ring (bicyclic) bond motifs is 1. The summed E-state index contributed by atoms with van der Waals surface area (Å²) >= 11 is 0. The second-order valence-corrected chi connectivity index (χ2v) is 4.89. The molecule has 110 valence electrons. The summed E-state index contributed by atoms with van der Waals surface area (Å²) in [5.74, 6) is -0.834. The van der Waals surface area contributed by atoms with E-state index in [2.05, 4.69) is 0 Å². The van der Waals surface area contributed by atoms with Gasteiger partial charge in [0.05, 0.1) is 12.7 Å². The Morgan fingerprint density at radius 2 is 1.86 bits per heavy atom. The van der Waals surface area contributed by atoms with Crippen molar-refractivity contribution in [2.24, 2.45) is 0 Å². The highest BCUT2D eigenvalue weighted by Gasteiger charge is 2.12. The molecule has 0 unspecified atom stereocenters. The predicted molar refractivity (Wildman–Crippen MR) is 82.9 cm³/mol. The summed E-state index contributed by atoms with van der Waals surface area (Å²) in [6.07, 6.45) is 0. The summed E-state index contributed by atoms with van der Waals surface area (Å²) in [7, 11) is 1.52. The van der Waals surface area contributed by atoms with E-state index in [0.717, 1.165) is 16.3 Å². The zero-order valence-corrected chi connectivity index (χ0v) is 11.8. The SMILES string of the molecule is COc1ccc(F)cc1-c1cccc2ccc(C(=O)O)cc12. The second kappa shape index (κ2) is 5.48. The van der Waals surface area contributed by atoms with Crippen LogP contribution in [0.15, 0.2) is 54.6 Å². The highest BCUT2D eigenvalue weighted by molar-refractivity contribution is 6.02. The average molecular weight is 296 g/mol. The molecule has 3 aromatic rings. The molecule has 1 N–H and O–H groups in total. The van der Waals surface area contributed by atoms with E-state index in [0.29, 0.717) is 11.3 Å². The van der Waals surface area contributed by atoms with Gasteiger partial charge in [0.15, 0.2) is 0 Å². The van der Waals surface area contributed by atoms with Crippen molar-refractivity contribution in [1.82, 2.24) is 0 Å². The first-order valence-corrected chi connectivity index (χ1v) is 6.70. The Balaban J connectivity index is 2.33. The molecule has 0 spiro atoms. The maximum absolute atomic E-state index is 13.6. The number of hydrogen-bond donors (Lipinski definition) is 1. The minimum absolute atomic E-state index is 0.190. The lowest BCUT2D eigenvalue weighted by atomic mass is 9.96. The molecular weight excluding hydrogens is 283 g/mol.